The van der Waals surface area contributed by atoms with Crippen molar-refractivity contribution in [1.29, 1.82) is 0 Å². The Bertz CT molecular complexity index is 376. The molecule has 4 N–H and O–H groups in total. The van der Waals surface area contributed by atoms with Gasteiger partial charge in [0.05, 0.1) is 5.92 Å². The molecule has 0 aliphatic rings. The Morgan fingerprint density at radius 3 is 3.00 bits per heavy atom. The van der Waals surface area contributed by atoms with Crippen LogP contribution in [-0.4, -0.2) is 23.5 Å². The van der Waals surface area contributed by atoms with Crippen molar-refractivity contribution < 1.29 is 10.0 Å². The maximum atomic E-state index is 11.7. The van der Waals surface area contributed by atoms with Gasteiger partial charge in [0.25, 0.3) is 0 Å². The molecule has 0 radical (unpaired) electrons. The Balaban J connectivity index is 2.38. The number of nitrogens with two attached hydrogens (primary N) is 1. The van der Waals surface area contributed by atoms with Gasteiger partial charge in [-0.2, -0.15) is 0 Å². The molecule has 0 aromatic carbocycles. The van der Waals surface area contributed by atoms with Crippen LogP contribution < -0.4 is 11.1 Å². The Labute approximate surface area is 104 Å². The van der Waals surface area contributed by atoms with Gasteiger partial charge in [0.2, 0.25) is 5.91 Å². The number of amides is 1. The summed E-state index contributed by atoms with van der Waals surface area (Å²) in [5, 5.41) is 16.2. The van der Waals surface area contributed by atoms with E-state index in [1.54, 1.807) is 11.3 Å². The molecular weight excluding hydrogens is 238 g/mol. The van der Waals surface area contributed by atoms with Crippen LogP contribution in [0.3, 0.4) is 0 Å². The van der Waals surface area contributed by atoms with Gasteiger partial charge >= 0.3 is 0 Å². The monoisotopic (exact) mass is 255 g/mol. The van der Waals surface area contributed by atoms with Gasteiger partial charge in [0.15, 0.2) is 5.84 Å². The number of hydrogen-bond acceptors (Lipinski definition) is 4. The molecule has 1 aromatic rings. The zero-order valence-corrected chi connectivity index (χ0v) is 10.5. The molecule has 0 bridgehead atoms. The summed E-state index contributed by atoms with van der Waals surface area (Å²) in [5.41, 5.74) is 5.44. The highest BCUT2D eigenvalue weighted by Crippen LogP contribution is 2.08. The number of nitrogens with zero attached hydrogens (tertiary/aromatic N) is 1. The van der Waals surface area contributed by atoms with E-state index in [0.717, 1.165) is 6.42 Å². The summed E-state index contributed by atoms with van der Waals surface area (Å²) in [6.07, 6.45) is 1.32. The van der Waals surface area contributed by atoms with E-state index < -0.39 is 5.92 Å². The predicted octanol–water partition coefficient (Wildman–Crippen LogP) is 1.18. The fourth-order valence-electron chi connectivity index (χ4n) is 1.49. The molecule has 6 heteroatoms. The van der Waals surface area contributed by atoms with Crippen LogP contribution in [0.15, 0.2) is 22.7 Å². The Kier molecular flexibility index (Phi) is 5.48. The lowest BCUT2D eigenvalue weighted by molar-refractivity contribution is -0.123. The maximum absolute atomic E-state index is 11.7. The lowest BCUT2D eigenvalue weighted by Gasteiger charge is -2.12. The van der Waals surface area contributed by atoms with Crippen molar-refractivity contribution in [2.45, 2.75) is 19.8 Å². The van der Waals surface area contributed by atoms with Crippen molar-refractivity contribution in [1.82, 2.24) is 5.32 Å². The first-order valence-electron chi connectivity index (χ1n) is 5.46. The first-order chi connectivity index (χ1) is 8.19. The molecule has 0 saturated carbocycles. The molecule has 5 nitrogen and oxygen atoms in total. The lowest BCUT2D eigenvalue weighted by Crippen LogP contribution is -2.39. The summed E-state index contributed by atoms with van der Waals surface area (Å²) < 4.78 is 0. The van der Waals surface area contributed by atoms with E-state index in [4.69, 9.17) is 10.9 Å². The minimum atomic E-state index is -0.552. The number of carbonyl (C=O) groups excluding carboxylic acids is 1. The second-order valence-electron chi connectivity index (χ2n) is 3.61. The van der Waals surface area contributed by atoms with E-state index in [1.165, 1.54) is 4.88 Å². The average molecular weight is 255 g/mol. The first-order valence-corrected chi connectivity index (χ1v) is 6.34. The van der Waals surface area contributed by atoms with Crippen molar-refractivity contribution in [2.75, 3.05) is 6.54 Å². The van der Waals surface area contributed by atoms with E-state index in [1.807, 2.05) is 24.4 Å². The Morgan fingerprint density at radius 1 is 1.71 bits per heavy atom. The molecular formula is C11H17N3O2S. The maximum Gasteiger partial charge on any atom is 0.230 e. The van der Waals surface area contributed by atoms with Crippen LogP contribution in [0.5, 0.6) is 0 Å². The summed E-state index contributed by atoms with van der Waals surface area (Å²) in [7, 11) is 0. The molecule has 1 amide bonds. The molecule has 1 atom stereocenters. The Hall–Kier alpha value is -1.56. The summed E-state index contributed by atoms with van der Waals surface area (Å²) in [5.74, 6) is -0.788. The lowest BCUT2D eigenvalue weighted by atomic mass is 10.0. The number of carbonyl (C=O) groups is 1. The van der Waals surface area contributed by atoms with Gasteiger partial charge in [-0.25, -0.2) is 0 Å². The van der Waals surface area contributed by atoms with Gasteiger partial charge in [0.1, 0.15) is 0 Å². The predicted molar refractivity (Wildman–Crippen MR) is 68.2 cm³/mol. The molecule has 0 saturated heterocycles. The normalized spacial score (nSPS) is 13.4. The van der Waals surface area contributed by atoms with E-state index in [9.17, 15) is 4.79 Å². The molecule has 1 heterocycles. The van der Waals surface area contributed by atoms with E-state index in [2.05, 4.69) is 10.5 Å². The highest BCUT2D eigenvalue weighted by molar-refractivity contribution is 7.09. The molecule has 1 unspecified atom stereocenters. The van der Waals surface area contributed by atoms with Crippen LogP contribution in [0, 0.1) is 5.92 Å². The van der Waals surface area contributed by atoms with Gasteiger partial charge in [0, 0.05) is 11.4 Å². The molecule has 1 rings (SSSR count). The third-order valence-corrected chi connectivity index (χ3v) is 3.38. The van der Waals surface area contributed by atoms with Gasteiger partial charge in [-0.1, -0.05) is 18.1 Å². The van der Waals surface area contributed by atoms with Crippen LogP contribution in [0.1, 0.15) is 18.2 Å². The van der Waals surface area contributed by atoms with Gasteiger partial charge < -0.3 is 16.3 Å². The standard InChI is InChI=1S/C11H17N3O2S/c1-2-9(10(12)14-16)11(15)13-6-5-8-4-3-7-17-8/h3-4,7,9,16H,2,5-6H2,1H3,(H2,12,14)(H,13,15). The van der Waals surface area contributed by atoms with Crippen molar-refractivity contribution >= 4 is 23.1 Å². The number of thiophene rings is 1. The minimum Gasteiger partial charge on any atom is -0.409 e. The van der Waals surface area contributed by atoms with Crippen LogP contribution in [-0.2, 0) is 11.2 Å². The second-order valence-corrected chi connectivity index (χ2v) is 4.64. The molecule has 1 aromatic heterocycles. The molecule has 0 fully saturated rings. The van der Waals surface area contributed by atoms with Crippen LogP contribution in [0.4, 0.5) is 0 Å². The summed E-state index contributed by atoms with van der Waals surface area (Å²) in [6, 6.07) is 4.00. The van der Waals surface area contributed by atoms with Crippen LogP contribution in [0.2, 0.25) is 0 Å². The molecule has 0 spiro atoms. The number of nitrogens with one attached hydrogen (secondary N) is 1. The quantitative estimate of drug-likeness (QED) is 0.309. The smallest absolute Gasteiger partial charge is 0.230 e. The van der Waals surface area contributed by atoms with E-state index in [0.29, 0.717) is 13.0 Å². The second kappa shape index (κ2) is 6.90. The van der Waals surface area contributed by atoms with Crippen molar-refractivity contribution in [3.05, 3.63) is 22.4 Å². The molecule has 94 valence electrons. The number of amidine groups is 1. The third kappa shape index (κ3) is 4.07. The molecule has 0 aliphatic carbocycles. The summed E-state index contributed by atoms with van der Waals surface area (Å²) in [4.78, 5) is 12.9. The van der Waals surface area contributed by atoms with E-state index >= 15 is 0 Å². The zero-order valence-electron chi connectivity index (χ0n) is 9.72. The highest BCUT2D eigenvalue weighted by Gasteiger charge is 2.20. The zero-order chi connectivity index (χ0) is 12.7. The summed E-state index contributed by atoms with van der Waals surface area (Å²) in [6.45, 7) is 2.39. The van der Waals surface area contributed by atoms with Gasteiger partial charge in [-0.05, 0) is 24.3 Å². The number of hydrogen-bond donors (Lipinski definition) is 3. The summed E-state index contributed by atoms with van der Waals surface area (Å²) >= 11 is 1.66. The van der Waals surface area contributed by atoms with Crippen molar-refractivity contribution in [3.8, 4) is 0 Å². The highest BCUT2D eigenvalue weighted by atomic mass is 32.1. The molecule has 0 aliphatic heterocycles. The fourth-order valence-corrected chi connectivity index (χ4v) is 2.19. The van der Waals surface area contributed by atoms with Gasteiger partial charge in [-0.15, -0.1) is 11.3 Å². The minimum absolute atomic E-state index is 0.0406. The van der Waals surface area contributed by atoms with Crippen molar-refractivity contribution in [3.63, 3.8) is 0 Å². The average Bonchev–Trinajstić information content (AvgIpc) is 2.82. The van der Waals surface area contributed by atoms with Crippen LogP contribution >= 0.6 is 11.3 Å². The number of rotatable bonds is 6. The van der Waals surface area contributed by atoms with Crippen LogP contribution in [0.25, 0.3) is 0 Å². The SMILES string of the molecule is CCC(C(=O)NCCc1cccs1)/C(N)=N/O. The fraction of sp³-hybridized carbons (Fsp3) is 0.455. The van der Waals surface area contributed by atoms with Crippen molar-refractivity contribution in [2.24, 2.45) is 16.8 Å². The Morgan fingerprint density at radius 2 is 2.47 bits per heavy atom. The third-order valence-electron chi connectivity index (χ3n) is 2.45. The molecule has 17 heavy (non-hydrogen) atoms. The van der Waals surface area contributed by atoms with Gasteiger partial charge in [-0.3, -0.25) is 4.79 Å². The first kappa shape index (κ1) is 13.5. The number of oxime groups is 1. The topological polar surface area (TPSA) is 87.7 Å². The largest absolute Gasteiger partial charge is 0.409 e. The van der Waals surface area contributed by atoms with E-state index in [-0.39, 0.29) is 11.7 Å².